The molecule has 3 rings (SSSR count). The lowest BCUT2D eigenvalue weighted by Gasteiger charge is -2.09. The van der Waals surface area contributed by atoms with Crippen molar-refractivity contribution < 1.29 is 19.1 Å². The van der Waals surface area contributed by atoms with Gasteiger partial charge >= 0.3 is 11.9 Å². The minimum atomic E-state index is -0.809. The minimum Gasteiger partial charge on any atom is -0.460 e. The van der Waals surface area contributed by atoms with E-state index >= 15 is 0 Å². The molecule has 1 fully saturated rings. The second-order valence-corrected chi connectivity index (χ2v) is 5.39. The highest BCUT2D eigenvalue weighted by molar-refractivity contribution is 5.92. The van der Waals surface area contributed by atoms with Gasteiger partial charge in [0.2, 0.25) is 6.10 Å². The number of esters is 2. The maximum atomic E-state index is 12.1. The van der Waals surface area contributed by atoms with E-state index in [-0.39, 0.29) is 6.10 Å². The highest BCUT2D eigenvalue weighted by Crippen LogP contribution is 2.19. The summed E-state index contributed by atoms with van der Waals surface area (Å²) in [6, 6.07) is 6.86. The Kier molecular flexibility index (Phi) is 3.66. The van der Waals surface area contributed by atoms with Gasteiger partial charge < -0.3 is 9.47 Å². The van der Waals surface area contributed by atoms with Gasteiger partial charge in [-0.05, 0) is 43.7 Å². The van der Waals surface area contributed by atoms with E-state index in [4.69, 9.17) is 9.47 Å². The van der Waals surface area contributed by atoms with Gasteiger partial charge in [0.25, 0.3) is 0 Å². The zero-order valence-electron chi connectivity index (χ0n) is 12.4. The highest BCUT2D eigenvalue weighted by atomic mass is 16.6. The summed E-state index contributed by atoms with van der Waals surface area (Å²) in [6.45, 7) is 3.73. The Morgan fingerprint density at radius 1 is 1.36 bits per heavy atom. The van der Waals surface area contributed by atoms with Gasteiger partial charge in [-0.15, -0.1) is 0 Å². The van der Waals surface area contributed by atoms with Crippen LogP contribution < -0.4 is 0 Å². The number of hydrogen-bond acceptors (Lipinski definition) is 5. The van der Waals surface area contributed by atoms with Gasteiger partial charge in [0, 0.05) is 12.6 Å². The topological polar surface area (TPSA) is 70.4 Å². The third-order valence-corrected chi connectivity index (χ3v) is 3.45. The van der Waals surface area contributed by atoms with Crippen LogP contribution >= 0.6 is 0 Å². The molecule has 0 N–H and O–H groups in total. The quantitative estimate of drug-likeness (QED) is 0.811. The molecular weight excluding hydrogens is 284 g/mol. The average Bonchev–Trinajstić information content (AvgIpc) is 3.05. The molecule has 0 spiro atoms. The summed E-state index contributed by atoms with van der Waals surface area (Å²) in [6.07, 6.45) is 3.03. The smallest absolute Gasteiger partial charge is 0.347 e. The molecule has 114 valence electrons. The van der Waals surface area contributed by atoms with Crippen LogP contribution in [0.25, 0.3) is 5.69 Å². The second-order valence-electron chi connectivity index (χ2n) is 5.39. The van der Waals surface area contributed by atoms with Gasteiger partial charge in [0.05, 0.1) is 17.4 Å². The molecule has 2 aromatic rings. The lowest BCUT2D eigenvalue weighted by atomic mass is 10.2. The second kappa shape index (κ2) is 5.63. The first-order chi connectivity index (χ1) is 10.5. The zero-order chi connectivity index (χ0) is 15.7. The number of rotatable bonds is 3. The normalized spacial score (nSPS) is 20.7. The van der Waals surface area contributed by atoms with Crippen molar-refractivity contribution in [1.29, 1.82) is 0 Å². The summed E-state index contributed by atoms with van der Waals surface area (Å²) in [4.78, 5) is 23.5. The van der Waals surface area contributed by atoms with Crippen molar-refractivity contribution >= 4 is 11.9 Å². The molecule has 0 bridgehead atoms. The Balaban J connectivity index is 1.70. The van der Waals surface area contributed by atoms with E-state index in [1.54, 1.807) is 42.1 Å². The number of cyclic esters (lactones) is 1. The third kappa shape index (κ3) is 2.86. The largest absolute Gasteiger partial charge is 0.460 e. The SMILES string of the molecule is Cc1cnn(-c2ccc(C(=O)O[C@@H]3C[C@@H](C)OC3=O)cc2)c1. The van der Waals surface area contributed by atoms with Crippen LogP contribution in [0.5, 0.6) is 0 Å². The number of hydrogen-bond donors (Lipinski definition) is 0. The van der Waals surface area contributed by atoms with E-state index in [1.165, 1.54) is 0 Å². The summed E-state index contributed by atoms with van der Waals surface area (Å²) in [5, 5.41) is 4.20. The summed E-state index contributed by atoms with van der Waals surface area (Å²) in [5.74, 6) is -1.01. The molecule has 0 saturated carbocycles. The Morgan fingerprint density at radius 3 is 2.64 bits per heavy atom. The van der Waals surface area contributed by atoms with Crippen molar-refractivity contribution in [3.8, 4) is 5.69 Å². The number of nitrogens with zero attached hydrogens (tertiary/aromatic N) is 2. The van der Waals surface area contributed by atoms with Crippen LogP contribution in [0.15, 0.2) is 36.7 Å². The molecule has 1 aromatic carbocycles. The predicted octanol–water partition coefficient (Wildman–Crippen LogP) is 2.04. The molecule has 22 heavy (non-hydrogen) atoms. The van der Waals surface area contributed by atoms with Gasteiger partial charge in [-0.3, -0.25) is 0 Å². The number of aromatic nitrogens is 2. The molecule has 0 aliphatic carbocycles. The highest BCUT2D eigenvalue weighted by Gasteiger charge is 2.35. The monoisotopic (exact) mass is 300 g/mol. The van der Waals surface area contributed by atoms with Crippen LogP contribution in [0.4, 0.5) is 0 Å². The number of carbonyl (C=O) groups excluding carboxylic acids is 2. The van der Waals surface area contributed by atoms with Crippen molar-refractivity contribution in [2.24, 2.45) is 0 Å². The fraction of sp³-hybridized carbons (Fsp3) is 0.312. The first-order valence-electron chi connectivity index (χ1n) is 7.06. The molecule has 0 amide bonds. The Hall–Kier alpha value is -2.63. The Morgan fingerprint density at radius 2 is 2.09 bits per heavy atom. The molecule has 0 unspecified atom stereocenters. The molecule has 6 nitrogen and oxygen atoms in total. The van der Waals surface area contributed by atoms with Crippen LogP contribution in [-0.4, -0.2) is 33.9 Å². The summed E-state index contributed by atoms with van der Waals surface area (Å²) in [7, 11) is 0. The summed E-state index contributed by atoms with van der Waals surface area (Å²) < 4.78 is 11.9. The van der Waals surface area contributed by atoms with Crippen LogP contribution in [-0.2, 0) is 14.3 Å². The van der Waals surface area contributed by atoms with E-state index in [0.29, 0.717) is 12.0 Å². The van der Waals surface area contributed by atoms with Gasteiger partial charge in [-0.1, -0.05) is 0 Å². The van der Waals surface area contributed by atoms with Crippen LogP contribution in [0, 0.1) is 6.92 Å². The Labute approximate surface area is 127 Å². The van der Waals surface area contributed by atoms with E-state index in [1.807, 2.05) is 13.1 Å². The molecule has 2 heterocycles. The van der Waals surface area contributed by atoms with E-state index in [2.05, 4.69) is 5.10 Å². The van der Waals surface area contributed by atoms with Crippen LogP contribution in [0.1, 0.15) is 29.3 Å². The lowest BCUT2D eigenvalue weighted by molar-refractivity contribution is -0.147. The number of aryl methyl sites for hydroxylation is 1. The maximum Gasteiger partial charge on any atom is 0.347 e. The van der Waals surface area contributed by atoms with Gasteiger partial charge in [0.1, 0.15) is 6.10 Å². The summed E-state index contributed by atoms with van der Waals surface area (Å²) in [5.41, 5.74) is 2.29. The fourth-order valence-corrected chi connectivity index (χ4v) is 2.32. The molecule has 2 atom stereocenters. The number of benzene rings is 1. The molecule has 0 radical (unpaired) electrons. The molecule has 1 aromatic heterocycles. The fourth-order valence-electron chi connectivity index (χ4n) is 2.32. The van der Waals surface area contributed by atoms with E-state index in [9.17, 15) is 9.59 Å². The van der Waals surface area contributed by atoms with Gasteiger partial charge in [-0.25, -0.2) is 14.3 Å². The zero-order valence-corrected chi connectivity index (χ0v) is 12.4. The molecule has 1 aliphatic rings. The van der Waals surface area contributed by atoms with Gasteiger partial charge in [0.15, 0.2) is 0 Å². The number of ether oxygens (including phenoxy) is 2. The lowest BCUT2D eigenvalue weighted by Crippen LogP contribution is -2.22. The predicted molar refractivity (Wildman–Crippen MR) is 77.7 cm³/mol. The van der Waals surface area contributed by atoms with Crippen LogP contribution in [0.2, 0.25) is 0 Å². The molecular formula is C16H16N2O4. The first-order valence-corrected chi connectivity index (χ1v) is 7.06. The Bertz CT molecular complexity index is 705. The molecule has 1 saturated heterocycles. The minimum absolute atomic E-state index is 0.212. The van der Waals surface area contributed by atoms with E-state index < -0.39 is 18.0 Å². The first kappa shape index (κ1) is 14.3. The van der Waals surface area contributed by atoms with Crippen molar-refractivity contribution in [1.82, 2.24) is 9.78 Å². The van der Waals surface area contributed by atoms with Gasteiger partial charge in [-0.2, -0.15) is 5.10 Å². The number of carbonyl (C=O) groups is 2. The average molecular weight is 300 g/mol. The van der Waals surface area contributed by atoms with Crippen molar-refractivity contribution in [3.05, 3.63) is 47.8 Å². The van der Waals surface area contributed by atoms with Crippen molar-refractivity contribution in [2.75, 3.05) is 0 Å². The summed E-state index contributed by atoms with van der Waals surface area (Å²) >= 11 is 0. The third-order valence-electron chi connectivity index (χ3n) is 3.45. The standard InChI is InChI=1S/C16H16N2O4/c1-10-8-17-18(9-10)13-5-3-12(4-6-13)15(19)22-14-7-11(2)21-16(14)20/h3-6,8-9,11,14H,7H2,1-2H3/t11-,14-/m1/s1. The molecule has 1 aliphatic heterocycles. The van der Waals surface area contributed by atoms with E-state index in [0.717, 1.165) is 11.3 Å². The van der Waals surface area contributed by atoms with Crippen molar-refractivity contribution in [3.63, 3.8) is 0 Å². The molecule has 6 heteroatoms. The van der Waals surface area contributed by atoms with Crippen molar-refractivity contribution in [2.45, 2.75) is 32.5 Å². The maximum absolute atomic E-state index is 12.1. The van der Waals surface area contributed by atoms with Crippen LogP contribution in [0.3, 0.4) is 0 Å².